The Morgan fingerprint density at radius 3 is 1.79 bits per heavy atom. The van der Waals surface area contributed by atoms with Gasteiger partial charge in [0.2, 0.25) is 0 Å². The van der Waals surface area contributed by atoms with E-state index in [9.17, 15) is 34.9 Å². The van der Waals surface area contributed by atoms with E-state index in [2.05, 4.69) is 0 Å². The van der Waals surface area contributed by atoms with Gasteiger partial charge in [-0.15, -0.1) is 0 Å². The van der Waals surface area contributed by atoms with E-state index in [1.54, 1.807) is 6.92 Å². The number of aromatic hydroxyl groups is 1. The summed E-state index contributed by atoms with van der Waals surface area (Å²) in [6.45, 7) is 1.60. The summed E-state index contributed by atoms with van der Waals surface area (Å²) in [4.78, 5) is 48.4. The molecule has 0 atom stereocenters. The molecule has 0 fully saturated rings. The molecule has 0 saturated heterocycles. The standard InChI is InChI=1S/C19H11N3O7/c1-9-8-10(23)2-5-13(9)20-18(24)11-3-6-14(21(26)27)17-15(22(28)29)7-4-12(16(11)17)19(20)25/h2-8,23H,1H3. The van der Waals surface area contributed by atoms with E-state index < -0.39 is 33.0 Å². The molecule has 0 unspecified atom stereocenters. The molecule has 0 aliphatic carbocycles. The van der Waals surface area contributed by atoms with E-state index in [-0.39, 0.29) is 33.3 Å². The molecule has 144 valence electrons. The molecule has 10 nitrogen and oxygen atoms in total. The molecule has 1 aliphatic rings. The van der Waals surface area contributed by atoms with Gasteiger partial charge < -0.3 is 5.11 Å². The highest BCUT2D eigenvalue weighted by atomic mass is 16.6. The number of aryl methyl sites for hydroxylation is 1. The molecule has 0 spiro atoms. The highest BCUT2D eigenvalue weighted by Crippen LogP contribution is 2.42. The van der Waals surface area contributed by atoms with Crippen molar-refractivity contribution in [1.82, 2.24) is 0 Å². The van der Waals surface area contributed by atoms with Crippen LogP contribution in [0.4, 0.5) is 17.1 Å². The van der Waals surface area contributed by atoms with Crippen molar-refractivity contribution < 1.29 is 24.5 Å². The molecular weight excluding hydrogens is 382 g/mol. The van der Waals surface area contributed by atoms with E-state index >= 15 is 0 Å². The maximum atomic E-state index is 13.1. The highest BCUT2D eigenvalue weighted by molar-refractivity contribution is 6.37. The van der Waals surface area contributed by atoms with E-state index in [0.29, 0.717) is 5.56 Å². The minimum atomic E-state index is -0.790. The van der Waals surface area contributed by atoms with Crippen LogP contribution in [-0.4, -0.2) is 26.8 Å². The minimum absolute atomic E-state index is 0.0445. The van der Waals surface area contributed by atoms with Crippen LogP contribution in [0.1, 0.15) is 26.3 Å². The first-order valence-corrected chi connectivity index (χ1v) is 8.29. The number of nitro benzene ring substituents is 2. The Labute approximate surface area is 161 Å². The summed E-state index contributed by atoms with van der Waals surface area (Å²) >= 11 is 0. The molecule has 0 bridgehead atoms. The first kappa shape index (κ1) is 18.0. The molecule has 1 heterocycles. The number of carbonyl (C=O) groups excluding carboxylic acids is 2. The zero-order chi connectivity index (χ0) is 21.0. The fourth-order valence-corrected chi connectivity index (χ4v) is 3.56. The number of nitrogens with zero attached hydrogens (tertiary/aromatic N) is 3. The number of benzene rings is 3. The SMILES string of the molecule is Cc1cc(O)ccc1N1C(=O)c2ccc([N+](=O)[O-])c3c([N+](=O)[O-])ccc(c23)C1=O. The molecule has 3 aromatic carbocycles. The zero-order valence-corrected chi connectivity index (χ0v) is 14.8. The van der Waals surface area contributed by atoms with E-state index in [1.165, 1.54) is 30.3 Å². The van der Waals surface area contributed by atoms with Crippen molar-refractivity contribution in [3.63, 3.8) is 0 Å². The second kappa shape index (κ2) is 6.09. The largest absolute Gasteiger partial charge is 0.508 e. The average molecular weight is 393 g/mol. The number of anilines is 1. The van der Waals surface area contributed by atoms with Crippen LogP contribution in [0.25, 0.3) is 10.8 Å². The smallest absolute Gasteiger partial charge is 0.284 e. The first-order valence-electron chi connectivity index (χ1n) is 8.29. The summed E-state index contributed by atoms with van der Waals surface area (Å²) in [5, 5.41) is 32.0. The summed E-state index contributed by atoms with van der Waals surface area (Å²) in [6, 6.07) is 8.51. The van der Waals surface area contributed by atoms with Crippen molar-refractivity contribution in [2.45, 2.75) is 6.92 Å². The van der Waals surface area contributed by atoms with Gasteiger partial charge in [-0.1, -0.05) is 0 Å². The summed E-state index contributed by atoms with van der Waals surface area (Å²) < 4.78 is 0. The highest BCUT2D eigenvalue weighted by Gasteiger charge is 2.38. The molecule has 3 aromatic rings. The lowest BCUT2D eigenvalue weighted by Crippen LogP contribution is -2.40. The number of hydrogen-bond acceptors (Lipinski definition) is 7. The van der Waals surface area contributed by atoms with Crippen molar-refractivity contribution in [2.24, 2.45) is 0 Å². The third kappa shape index (κ3) is 2.50. The lowest BCUT2D eigenvalue weighted by Gasteiger charge is -2.28. The lowest BCUT2D eigenvalue weighted by atomic mass is 9.91. The van der Waals surface area contributed by atoms with Crippen molar-refractivity contribution in [3.8, 4) is 5.75 Å². The number of carbonyl (C=O) groups is 2. The predicted molar refractivity (Wildman–Crippen MR) is 101 cm³/mol. The Bertz CT molecular complexity index is 1210. The van der Waals surface area contributed by atoms with Crippen molar-refractivity contribution >= 4 is 39.6 Å². The molecule has 0 saturated carbocycles. The summed E-state index contributed by atoms with van der Waals surface area (Å²) in [5.41, 5.74) is -0.560. The number of amides is 2. The van der Waals surface area contributed by atoms with Crippen molar-refractivity contribution in [1.29, 1.82) is 0 Å². The van der Waals surface area contributed by atoms with Crippen LogP contribution in [0.15, 0.2) is 42.5 Å². The first-order chi connectivity index (χ1) is 13.7. The number of phenols is 1. The van der Waals surface area contributed by atoms with Gasteiger partial charge in [0.05, 0.1) is 15.5 Å². The summed E-state index contributed by atoms with van der Waals surface area (Å²) in [7, 11) is 0. The van der Waals surface area contributed by atoms with Gasteiger partial charge in [0, 0.05) is 28.6 Å². The molecule has 4 rings (SSSR count). The van der Waals surface area contributed by atoms with Gasteiger partial charge in [0.25, 0.3) is 23.2 Å². The number of rotatable bonds is 3. The third-order valence-electron chi connectivity index (χ3n) is 4.80. The van der Waals surface area contributed by atoms with Crippen LogP contribution in [0.2, 0.25) is 0 Å². The second-order valence-corrected chi connectivity index (χ2v) is 6.45. The van der Waals surface area contributed by atoms with Crippen LogP contribution in [0.5, 0.6) is 5.75 Å². The van der Waals surface area contributed by atoms with Crippen LogP contribution in [0.3, 0.4) is 0 Å². The minimum Gasteiger partial charge on any atom is -0.508 e. The molecule has 0 aromatic heterocycles. The van der Waals surface area contributed by atoms with Crippen molar-refractivity contribution in [2.75, 3.05) is 4.90 Å². The fraction of sp³-hybridized carbons (Fsp3) is 0.0526. The van der Waals surface area contributed by atoms with E-state index in [0.717, 1.165) is 17.0 Å². The molecule has 0 radical (unpaired) electrons. The number of hydrogen-bond donors (Lipinski definition) is 1. The summed E-state index contributed by atoms with van der Waals surface area (Å²) in [5.74, 6) is -1.58. The molecule has 10 heteroatoms. The molecular formula is C19H11N3O7. The Balaban J connectivity index is 2.07. The van der Waals surface area contributed by atoms with Crippen LogP contribution in [0, 0.1) is 27.2 Å². The Hall–Kier alpha value is -4.34. The van der Waals surface area contributed by atoms with Gasteiger partial charge in [-0.3, -0.25) is 29.8 Å². The van der Waals surface area contributed by atoms with Gasteiger partial charge in [-0.05, 0) is 42.8 Å². The summed E-state index contributed by atoms with van der Waals surface area (Å²) in [6.07, 6.45) is 0. The quantitative estimate of drug-likeness (QED) is 0.407. The molecule has 1 N–H and O–H groups in total. The van der Waals surface area contributed by atoms with Gasteiger partial charge in [-0.25, -0.2) is 4.90 Å². The maximum absolute atomic E-state index is 13.1. The number of phenolic OH excluding ortho intramolecular Hbond substituents is 1. The maximum Gasteiger partial charge on any atom is 0.284 e. The molecule has 2 amide bonds. The topological polar surface area (TPSA) is 144 Å². The van der Waals surface area contributed by atoms with Crippen LogP contribution in [-0.2, 0) is 0 Å². The van der Waals surface area contributed by atoms with Gasteiger partial charge in [0.1, 0.15) is 11.1 Å². The van der Waals surface area contributed by atoms with E-state index in [1.807, 2.05) is 0 Å². The van der Waals surface area contributed by atoms with Crippen LogP contribution < -0.4 is 4.90 Å². The van der Waals surface area contributed by atoms with Crippen molar-refractivity contribution in [3.05, 3.63) is 79.4 Å². The predicted octanol–water partition coefficient (Wildman–Crippen LogP) is 3.47. The van der Waals surface area contributed by atoms with Gasteiger partial charge in [-0.2, -0.15) is 0 Å². The fourth-order valence-electron chi connectivity index (χ4n) is 3.56. The average Bonchev–Trinajstić information content (AvgIpc) is 2.66. The third-order valence-corrected chi connectivity index (χ3v) is 4.80. The zero-order valence-electron chi connectivity index (χ0n) is 14.8. The second-order valence-electron chi connectivity index (χ2n) is 6.45. The number of non-ortho nitro benzene ring substituents is 2. The monoisotopic (exact) mass is 393 g/mol. The van der Waals surface area contributed by atoms with E-state index in [4.69, 9.17) is 0 Å². The molecule has 1 aliphatic heterocycles. The molecule has 29 heavy (non-hydrogen) atoms. The van der Waals surface area contributed by atoms with Crippen LogP contribution >= 0.6 is 0 Å². The Morgan fingerprint density at radius 2 is 1.34 bits per heavy atom. The Kier molecular flexibility index (Phi) is 3.79. The lowest BCUT2D eigenvalue weighted by molar-refractivity contribution is -0.390. The number of nitro groups is 2. The van der Waals surface area contributed by atoms with Gasteiger partial charge in [0.15, 0.2) is 0 Å². The Morgan fingerprint density at radius 1 is 0.828 bits per heavy atom. The van der Waals surface area contributed by atoms with Gasteiger partial charge >= 0.3 is 0 Å². The number of imide groups is 1. The normalized spacial score (nSPS) is 13.1.